The van der Waals surface area contributed by atoms with E-state index >= 15 is 0 Å². The molecule has 2 rings (SSSR count). The molecule has 2 aliphatic rings. The zero-order valence-corrected chi connectivity index (χ0v) is 9.82. The molecule has 3 atom stereocenters. The monoisotopic (exact) mass is 212 g/mol. The normalized spacial score (nSPS) is 38.4. The summed E-state index contributed by atoms with van der Waals surface area (Å²) < 4.78 is 5.90. The van der Waals surface area contributed by atoms with E-state index in [4.69, 9.17) is 4.74 Å². The highest BCUT2D eigenvalue weighted by Crippen LogP contribution is 2.29. The number of ether oxygens (including phenoxy) is 1. The smallest absolute Gasteiger partial charge is 0.0836 e. The molecule has 15 heavy (non-hydrogen) atoms. The van der Waals surface area contributed by atoms with Gasteiger partial charge >= 0.3 is 0 Å². The molecule has 1 N–H and O–H groups in total. The van der Waals surface area contributed by atoms with Gasteiger partial charge in [-0.05, 0) is 43.9 Å². The van der Waals surface area contributed by atoms with Crippen LogP contribution >= 0.6 is 0 Å². The zero-order chi connectivity index (χ0) is 10.7. The average Bonchev–Trinajstić information content (AvgIpc) is 2.72. The molecule has 2 nitrogen and oxygen atoms in total. The predicted octanol–water partition coefficient (Wildman–Crippen LogP) is 2.74. The molecule has 0 saturated heterocycles. The Balaban J connectivity index is 1.72. The molecule has 3 unspecified atom stereocenters. The molecule has 0 aliphatic heterocycles. The molecule has 0 aromatic heterocycles. The first-order valence-electron chi connectivity index (χ1n) is 6.55. The lowest BCUT2D eigenvalue weighted by Gasteiger charge is -2.32. The van der Waals surface area contributed by atoms with Crippen molar-refractivity contribution in [3.63, 3.8) is 0 Å². The van der Waals surface area contributed by atoms with Gasteiger partial charge in [0.05, 0.1) is 12.2 Å². The van der Waals surface area contributed by atoms with E-state index < -0.39 is 0 Å². The fourth-order valence-electron chi connectivity index (χ4n) is 2.93. The minimum atomic E-state index is -0.206. The molecule has 0 aromatic rings. The van der Waals surface area contributed by atoms with Crippen LogP contribution in [0.25, 0.3) is 0 Å². The van der Waals surface area contributed by atoms with Gasteiger partial charge in [-0.3, -0.25) is 0 Å². The fraction of sp³-hybridized carbons (Fsp3) is 1.00. The van der Waals surface area contributed by atoms with E-state index in [0.717, 1.165) is 37.7 Å². The lowest BCUT2D eigenvalue weighted by Crippen LogP contribution is -2.36. The fourth-order valence-corrected chi connectivity index (χ4v) is 2.93. The van der Waals surface area contributed by atoms with E-state index in [9.17, 15) is 5.11 Å². The second-order valence-electron chi connectivity index (χ2n) is 5.51. The Morgan fingerprint density at radius 1 is 1.13 bits per heavy atom. The van der Waals surface area contributed by atoms with Crippen LogP contribution < -0.4 is 0 Å². The number of aliphatic hydroxyl groups is 1. The maximum Gasteiger partial charge on any atom is 0.0836 e. The second kappa shape index (κ2) is 5.31. The zero-order valence-electron chi connectivity index (χ0n) is 9.82. The summed E-state index contributed by atoms with van der Waals surface area (Å²) in [6.07, 6.45) is 8.46. The van der Waals surface area contributed by atoms with Crippen LogP contribution in [0.4, 0.5) is 0 Å². The van der Waals surface area contributed by atoms with E-state index in [1.807, 2.05) is 0 Å². The first kappa shape index (κ1) is 11.4. The van der Waals surface area contributed by atoms with Crippen LogP contribution in [0.1, 0.15) is 51.9 Å². The minimum Gasteiger partial charge on any atom is -0.390 e. The number of aliphatic hydroxyl groups excluding tert-OH is 1. The third-order valence-electron chi connectivity index (χ3n) is 4.04. The van der Waals surface area contributed by atoms with Gasteiger partial charge in [0.15, 0.2) is 0 Å². The third kappa shape index (κ3) is 3.18. The summed E-state index contributed by atoms with van der Waals surface area (Å²) in [6.45, 7) is 3.15. The van der Waals surface area contributed by atoms with Gasteiger partial charge in [0.25, 0.3) is 0 Å². The van der Waals surface area contributed by atoms with Crippen LogP contribution in [-0.4, -0.2) is 23.9 Å². The maximum absolute atomic E-state index is 9.84. The van der Waals surface area contributed by atoms with E-state index in [1.165, 1.54) is 25.7 Å². The Kier molecular flexibility index (Phi) is 4.04. The predicted molar refractivity (Wildman–Crippen MR) is 60.7 cm³/mol. The molecule has 0 spiro atoms. The van der Waals surface area contributed by atoms with Crippen molar-refractivity contribution >= 4 is 0 Å². The lowest BCUT2D eigenvalue weighted by atomic mass is 9.86. The van der Waals surface area contributed by atoms with E-state index in [2.05, 4.69) is 6.92 Å². The van der Waals surface area contributed by atoms with Crippen LogP contribution in [-0.2, 0) is 4.74 Å². The Morgan fingerprint density at radius 3 is 2.60 bits per heavy atom. The van der Waals surface area contributed by atoms with Crippen molar-refractivity contribution in [1.82, 2.24) is 0 Å². The largest absolute Gasteiger partial charge is 0.390 e. The Hall–Kier alpha value is -0.0800. The van der Waals surface area contributed by atoms with Gasteiger partial charge in [0.2, 0.25) is 0 Å². The number of hydrogen-bond donors (Lipinski definition) is 1. The summed E-state index contributed by atoms with van der Waals surface area (Å²) in [6, 6.07) is 0. The summed E-state index contributed by atoms with van der Waals surface area (Å²) in [5, 5.41) is 9.84. The second-order valence-corrected chi connectivity index (χ2v) is 5.51. The van der Waals surface area contributed by atoms with E-state index in [-0.39, 0.29) is 12.2 Å². The van der Waals surface area contributed by atoms with Crippen molar-refractivity contribution in [2.45, 2.75) is 64.1 Å². The maximum atomic E-state index is 9.84. The SMILES string of the molecule is CC1CCC(O)C(OCC2CCCC2)C1. The highest BCUT2D eigenvalue weighted by Gasteiger charge is 2.28. The highest BCUT2D eigenvalue weighted by atomic mass is 16.5. The molecule has 2 heteroatoms. The van der Waals surface area contributed by atoms with Crippen LogP contribution in [0.5, 0.6) is 0 Å². The van der Waals surface area contributed by atoms with Crippen molar-refractivity contribution in [3.8, 4) is 0 Å². The van der Waals surface area contributed by atoms with Crippen LogP contribution in [0.3, 0.4) is 0 Å². The number of hydrogen-bond acceptors (Lipinski definition) is 2. The molecule has 88 valence electrons. The molecular weight excluding hydrogens is 188 g/mol. The lowest BCUT2D eigenvalue weighted by molar-refractivity contribution is -0.0784. The Morgan fingerprint density at radius 2 is 1.87 bits per heavy atom. The van der Waals surface area contributed by atoms with Gasteiger partial charge in [0, 0.05) is 6.61 Å². The standard InChI is InChI=1S/C13H24O2/c1-10-6-7-12(14)13(8-10)15-9-11-4-2-3-5-11/h10-14H,2-9H2,1H3. The molecule has 0 aromatic carbocycles. The van der Waals surface area contributed by atoms with Gasteiger partial charge in [0.1, 0.15) is 0 Å². The third-order valence-corrected chi connectivity index (χ3v) is 4.04. The summed E-state index contributed by atoms with van der Waals surface area (Å²) in [5.74, 6) is 1.50. The van der Waals surface area contributed by atoms with Crippen LogP contribution in [0.15, 0.2) is 0 Å². The van der Waals surface area contributed by atoms with Crippen LogP contribution in [0.2, 0.25) is 0 Å². The van der Waals surface area contributed by atoms with Gasteiger partial charge in [-0.15, -0.1) is 0 Å². The van der Waals surface area contributed by atoms with Crippen molar-refractivity contribution in [2.75, 3.05) is 6.61 Å². The first-order chi connectivity index (χ1) is 7.25. The van der Waals surface area contributed by atoms with Gasteiger partial charge in [-0.1, -0.05) is 19.8 Å². The molecule has 0 amide bonds. The van der Waals surface area contributed by atoms with Crippen LogP contribution in [0, 0.1) is 11.8 Å². The average molecular weight is 212 g/mol. The van der Waals surface area contributed by atoms with Crippen molar-refractivity contribution in [2.24, 2.45) is 11.8 Å². The summed E-state index contributed by atoms with van der Waals surface area (Å²) in [4.78, 5) is 0. The molecule has 2 saturated carbocycles. The highest BCUT2D eigenvalue weighted by molar-refractivity contribution is 4.79. The summed E-state index contributed by atoms with van der Waals surface area (Å²) >= 11 is 0. The Labute approximate surface area is 93.0 Å². The Bertz CT molecular complexity index is 187. The molecule has 0 radical (unpaired) electrons. The first-order valence-corrected chi connectivity index (χ1v) is 6.55. The van der Waals surface area contributed by atoms with Gasteiger partial charge in [-0.2, -0.15) is 0 Å². The van der Waals surface area contributed by atoms with E-state index in [0.29, 0.717) is 0 Å². The molecule has 0 heterocycles. The van der Waals surface area contributed by atoms with Crippen molar-refractivity contribution in [3.05, 3.63) is 0 Å². The summed E-state index contributed by atoms with van der Waals surface area (Å²) in [5.41, 5.74) is 0. The van der Waals surface area contributed by atoms with Gasteiger partial charge < -0.3 is 9.84 Å². The summed E-state index contributed by atoms with van der Waals surface area (Å²) in [7, 11) is 0. The quantitative estimate of drug-likeness (QED) is 0.779. The minimum absolute atomic E-state index is 0.120. The van der Waals surface area contributed by atoms with E-state index in [1.54, 1.807) is 0 Å². The van der Waals surface area contributed by atoms with Crippen molar-refractivity contribution < 1.29 is 9.84 Å². The van der Waals surface area contributed by atoms with Gasteiger partial charge in [-0.25, -0.2) is 0 Å². The molecule has 2 aliphatic carbocycles. The number of rotatable bonds is 3. The molecule has 2 fully saturated rings. The molecule has 0 bridgehead atoms. The van der Waals surface area contributed by atoms with Crippen molar-refractivity contribution in [1.29, 1.82) is 0 Å². The topological polar surface area (TPSA) is 29.5 Å². The molecular formula is C13H24O2.